The Balaban J connectivity index is 1.51. The number of fused-ring (bicyclic) bond motifs is 1. The second-order valence-corrected chi connectivity index (χ2v) is 6.90. The fourth-order valence-electron chi connectivity index (χ4n) is 2.95. The molecule has 0 N–H and O–H groups in total. The fourth-order valence-corrected chi connectivity index (χ4v) is 3.80. The van der Waals surface area contributed by atoms with E-state index in [4.69, 9.17) is 4.74 Å². The monoisotopic (exact) mass is 348 g/mol. The van der Waals surface area contributed by atoms with Gasteiger partial charge in [-0.05, 0) is 25.0 Å². The van der Waals surface area contributed by atoms with Crippen LogP contribution in [0.3, 0.4) is 0 Å². The highest BCUT2D eigenvalue weighted by molar-refractivity contribution is 8.13. The van der Waals surface area contributed by atoms with Gasteiger partial charge in [-0.2, -0.15) is 0 Å². The predicted molar refractivity (Wildman–Crippen MR) is 92.1 cm³/mol. The van der Waals surface area contributed by atoms with E-state index in [1.54, 1.807) is 16.7 Å². The van der Waals surface area contributed by atoms with Gasteiger partial charge in [-0.1, -0.05) is 30.0 Å². The maximum atomic E-state index is 12.5. The van der Waals surface area contributed by atoms with Gasteiger partial charge >= 0.3 is 5.97 Å². The third-order valence-electron chi connectivity index (χ3n) is 4.24. The van der Waals surface area contributed by atoms with Crippen LogP contribution in [0.25, 0.3) is 0 Å². The summed E-state index contributed by atoms with van der Waals surface area (Å²) in [5.41, 5.74) is 2.03. The minimum Gasteiger partial charge on any atom is -0.452 e. The number of rotatable bonds is 5. The van der Waals surface area contributed by atoms with E-state index in [0.717, 1.165) is 23.4 Å². The first-order valence-electron chi connectivity index (χ1n) is 8.06. The summed E-state index contributed by atoms with van der Waals surface area (Å²) in [5, 5.41) is 0.000554. The number of nitrogens with zero attached hydrogens (tertiary/aromatic N) is 2. The maximum absolute atomic E-state index is 12.5. The number of esters is 1. The molecule has 6 nitrogen and oxygen atoms in total. The van der Waals surface area contributed by atoms with E-state index < -0.39 is 12.1 Å². The number of benzene rings is 1. The molecule has 1 unspecified atom stereocenters. The Bertz CT molecular complexity index is 664. The van der Waals surface area contributed by atoms with Gasteiger partial charge in [-0.3, -0.25) is 14.4 Å². The van der Waals surface area contributed by atoms with E-state index in [1.807, 2.05) is 24.3 Å². The molecule has 0 aliphatic carbocycles. The molecule has 3 rings (SSSR count). The highest BCUT2D eigenvalue weighted by Gasteiger charge is 2.30. The highest BCUT2D eigenvalue weighted by Crippen LogP contribution is 2.28. The van der Waals surface area contributed by atoms with Crippen molar-refractivity contribution in [2.24, 2.45) is 0 Å². The lowest BCUT2D eigenvalue weighted by Gasteiger charge is -2.22. The summed E-state index contributed by atoms with van der Waals surface area (Å²) >= 11 is 1.26. The Morgan fingerprint density at radius 2 is 2.08 bits per heavy atom. The topological polar surface area (TPSA) is 66.9 Å². The molecule has 1 atom stereocenters. The van der Waals surface area contributed by atoms with Gasteiger partial charge in [-0.25, -0.2) is 0 Å². The maximum Gasteiger partial charge on any atom is 0.308 e. The first kappa shape index (κ1) is 16.8. The number of para-hydroxylation sites is 1. The van der Waals surface area contributed by atoms with Crippen LogP contribution in [-0.2, 0) is 20.7 Å². The van der Waals surface area contributed by atoms with E-state index in [1.165, 1.54) is 11.8 Å². The van der Waals surface area contributed by atoms with Crippen molar-refractivity contribution in [2.75, 3.05) is 30.3 Å². The highest BCUT2D eigenvalue weighted by atomic mass is 32.2. The van der Waals surface area contributed by atoms with Gasteiger partial charge in [0.15, 0.2) is 6.10 Å². The van der Waals surface area contributed by atoms with Crippen LogP contribution in [0.5, 0.6) is 0 Å². The van der Waals surface area contributed by atoms with Crippen LogP contribution >= 0.6 is 11.8 Å². The van der Waals surface area contributed by atoms with Gasteiger partial charge in [0.05, 0.1) is 6.42 Å². The van der Waals surface area contributed by atoms with Crippen molar-refractivity contribution in [2.45, 2.75) is 25.9 Å². The van der Waals surface area contributed by atoms with E-state index in [-0.39, 0.29) is 17.6 Å². The van der Waals surface area contributed by atoms with Crippen molar-refractivity contribution in [3.8, 4) is 0 Å². The van der Waals surface area contributed by atoms with Crippen molar-refractivity contribution >= 4 is 34.6 Å². The Morgan fingerprint density at radius 3 is 2.83 bits per heavy atom. The third kappa shape index (κ3) is 3.56. The summed E-state index contributed by atoms with van der Waals surface area (Å²) in [6.07, 6.45) is 0.102. The van der Waals surface area contributed by atoms with Crippen molar-refractivity contribution in [3.05, 3.63) is 29.8 Å². The summed E-state index contributed by atoms with van der Waals surface area (Å²) < 4.78 is 5.26. The molecule has 0 saturated carbocycles. The Hall–Kier alpha value is -2.02. The molecular formula is C17H20N2O4S. The largest absolute Gasteiger partial charge is 0.452 e. The minimum atomic E-state index is -0.827. The Kier molecular flexibility index (Phi) is 5.08. The average Bonchev–Trinajstić information content (AvgIpc) is 3.18. The van der Waals surface area contributed by atoms with E-state index in [2.05, 4.69) is 0 Å². The molecule has 0 bridgehead atoms. The first-order valence-corrected chi connectivity index (χ1v) is 9.05. The fraction of sp³-hybridized carbons (Fsp3) is 0.471. The van der Waals surface area contributed by atoms with Crippen LogP contribution in [0.4, 0.5) is 10.5 Å². The molecule has 2 aliphatic heterocycles. The molecule has 1 aromatic carbocycles. The molecule has 2 heterocycles. The van der Waals surface area contributed by atoms with Gasteiger partial charge < -0.3 is 14.5 Å². The number of amides is 2. The van der Waals surface area contributed by atoms with Gasteiger partial charge in [0, 0.05) is 31.1 Å². The second kappa shape index (κ2) is 7.25. The van der Waals surface area contributed by atoms with Crippen molar-refractivity contribution in [1.29, 1.82) is 0 Å². The van der Waals surface area contributed by atoms with Crippen LogP contribution in [-0.4, -0.2) is 53.5 Å². The van der Waals surface area contributed by atoms with Crippen LogP contribution in [0.15, 0.2) is 24.3 Å². The first-order chi connectivity index (χ1) is 11.6. The van der Waals surface area contributed by atoms with Crippen molar-refractivity contribution in [1.82, 2.24) is 4.90 Å². The van der Waals surface area contributed by atoms with Crippen LogP contribution in [0.2, 0.25) is 0 Å². The molecule has 2 amide bonds. The lowest BCUT2D eigenvalue weighted by Crippen LogP contribution is -2.39. The molecule has 1 aromatic rings. The zero-order valence-corrected chi connectivity index (χ0v) is 14.4. The standard InChI is InChI=1S/C17H20N2O4S/c1-12(23-15(20)7-8-18-10-11-24-17(18)22)16(21)19-9-6-13-4-2-3-5-14(13)19/h2-5,12H,6-11H2,1H3. The lowest BCUT2D eigenvalue weighted by molar-refractivity contribution is -0.154. The lowest BCUT2D eigenvalue weighted by atomic mass is 10.2. The summed E-state index contributed by atoms with van der Waals surface area (Å²) in [6.45, 7) is 3.21. The zero-order valence-electron chi connectivity index (χ0n) is 13.6. The Morgan fingerprint density at radius 1 is 1.29 bits per heavy atom. The molecule has 0 spiro atoms. The minimum absolute atomic E-state index is 0.000554. The van der Waals surface area contributed by atoms with Crippen LogP contribution in [0.1, 0.15) is 18.9 Å². The zero-order chi connectivity index (χ0) is 17.1. The predicted octanol–water partition coefficient (Wildman–Crippen LogP) is 2.07. The smallest absolute Gasteiger partial charge is 0.308 e. The van der Waals surface area contributed by atoms with E-state index >= 15 is 0 Å². The molecule has 0 aromatic heterocycles. The molecule has 1 saturated heterocycles. The number of hydrogen-bond donors (Lipinski definition) is 0. The number of anilines is 1. The summed E-state index contributed by atoms with van der Waals surface area (Å²) in [5.74, 6) is 0.103. The number of carbonyl (C=O) groups excluding carboxylic acids is 3. The summed E-state index contributed by atoms with van der Waals surface area (Å²) in [6, 6.07) is 7.76. The molecule has 24 heavy (non-hydrogen) atoms. The number of hydrogen-bond acceptors (Lipinski definition) is 5. The quantitative estimate of drug-likeness (QED) is 0.762. The van der Waals surface area contributed by atoms with Crippen molar-refractivity contribution in [3.63, 3.8) is 0 Å². The van der Waals surface area contributed by atoms with Gasteiger partial charge in [-0.15, -0.1) is 0 Å². The molecule has 1 fully saturated rings. The third-order valence-corrected chi connectivity index (χ3v) is 5.13. The van der Waals surface area contributed by atoms with Gasteiger partial charge in [0.2, 0.25) is 0 Å². The van der Waals surface area contributed by atoms with E-state index in [0.29, 0.717) is 19.6 Å². The SMILES string of the molecule is CC(OC(=O)CCN1CCSC1=O)C(=O)N1CCc2ccccc21. The van der Waals surface area contributed by atoms with Crippen molar-refractivity contribution < 1.29 is 19.1 Å². The molecular weight excluding hydrogens is 328 g/mol. The molecule has 7 heteroatoms. The van der Waals surface area contributed by atoms with Crippen LogP contribution < -0.4 is 4.90 Å². The molecule has 0 radical (unpaired) electrons. The van der Waals surface area contributed by atoms with Gasteiger partial charge in [0.1, 0.15) is 0 Å². The van der Waals surface area contributed by atoms with E-state index in [9.17, 15) is 14.4 Å². The summed E-state index contributed by atoms with van der Waals surface area (Å²) in [4.78, 5) is 39.3. The molecule has 128 valence electrons. The second-order valence-electron chi connectivity index (χ2n) is 5.85. The van der Waals surface area contributed by atoms with Gasteiger partial charge in [0.25, 0.3) is 11.1 Å². The average molecular weight is 348 g/mol. The molecule has 2 aliphatic rings. The number of carbonyl (C=O) groups is 3. The normalized spacial score (nSPS) is 17.8. The summed E-state index contributed by atoms with van der Waals surface area (Å²) in [7, 11) is 0. The number of thioether (sulfide) groups is 1. The number of ether oxygens (including phenoxy) is 1. The van der Waals surface area contributed by atoms with Crippen LogP contribution in [0, 0.1) is 0 Å². The Labute approximate surface area is 145 Å².